The number of ether oxygens (including phenoxy) is 1. The summed E-state index contributed by atoms with van der Waals surface area (Å²) in [5, 5.41) is 9.84. The molecule has 0 unspecified atom stereocenters. The number of nitrogens with zero attached hydrogens (tertiary/aromatic N) is 1. The van der Waals surface area contributed by atoms with Crippen LogP contribution in [-0.4, -0.2) is 32.7 Å². The van der Waals surface area contributed by atoms with Crippen LogP contribution >= 0.6 is 63.1 Å². The van der Waals surface area contributed by atoms with Gasteiger partial charge in [-0.05, 0) is 57.4 Å². The second-order valence-corrected chi connectivity index (χ2v) is 9.23. The third kappa shape index (κ3) is 5.52. The van der Waals surface area contributed by atoms with Crippen LogP contribution in [0.2, 0.25) is 10.0 Å². The predicted molar refractivity (Wildman–Crippen MR) is 122 cm³/mol. The van der Waals surface area contributed by atoms with Gasteiger partial charge in [0.25, 0.3) is 5.91 Å². The maximum Gasteiger partial charge on any atom is 0.323 e. The monoisotopic (exact) mass is 531 g/mol. The van der Waals surface area contributed by atoms with Gasteiger partial charge in [-0.25, -0.2) is 0 Å². The van der Waals surface area contributed by atoms with Crippen molar-refractivity contribution in [2.75, 3.05) is 6.54 Å². The number of carbonyl (C=O) groups is 2. The first-order chi connectivity index (χ1) is 13.7. The van der Waals surface area contributed by atoms with Crippen molar-refractivity contribution in [2.45, 2.75) is 6.61 Å². The van der Waals surface area contributed by atoms with E-state index in [1.54, 1.807) is 36.4 Å². The van der Waals surface area contributed by atoms with Crippen molar-refractivity contribution in [3.8, 4) is 5.75 Å². The first-order valence-corrected chi connectivity index (χ1v) is 10.9. The van der Waals surface area contributed by atoms with E-state index in [-0.39, 0.29) is 4.32 Å². The van der Waals surface area contributed by atoms with Gasteiger partial charge in [-0.15, -0.1) is 0 Å². The fraction of sp³-hybridized carbons (Fsp3) is 0.105. The summed E-state index contributed by atoms with van der Waals surface area (Å²) < 4.78 is 6.73. The van der Waals surface area contributed by atoms with Gasteiger partial charge in [0.2, 0.25) is 0 Å². The topological polar surface area (TPSA) is 66.8 Å². The molecular weight excluding hydrogens is 521 g/mol. The Morgan fingerprint density at radius 3 is 2.66 bits per heavy atom. The average molecular weight is 533 g/mol. The van der Waals surface area contributed by atoms with Gasteiger partial charge in [0, 0.05) is 0 Å². The number of hydrogen-bond donors (Lipinski definition) is 1. The first-order valence-electron chi connectivity index (χ1n) is 8.08. The van der Waals surface area contributed by atoms with E-state index in [1.807, 2.05) is 6.07 Å². The Kier molecular flexibility index (Phi) is 7.23. The quantitative estimate of drug-likeness (QED) is 0.384. The van der Waals surface area contributed by atoms with Crippen molar-refractivity contribution in [3.05, 3.63) is 66.9 Å². The number of amides is 1. The zero-order valence-electron chi connectivity index (χ0n) is 14.5. The number of aliphatic carboxylic acids is 1. The average Bonchev–Trinajstić information content (AvgIpc) is 2.91. The normalized spacial score (nSPS) is 15.3. The lowest BCUT2D eigenvalue weighted by Crippen LogP contribution is -2.33. The molecule has 1 aliphatic heterocycles. The van der Waals surface area contributed by atoms with Gasteiger partial charge in [-0.3, -0.25) is 14.5 Å². The molecule has 0 bridgehead atoms. The summed E-state index contributed by atoms with van der Waals surface area (Å²) in [7, 11) is 0. The molecule has 5 nitrogen and oxygen atoms in total. The number of halogens is 3. The molecule has 1 amide bonds. The maximum atomic E-state index is 12.3. The highest BCUT2D eigenvalue weighted by Gasteiger charge is 2.33. The van der Waals surface area contributed by atoms with Crippen molar-refractivity contribution in [1.29, 1.82) is 0 Å². The van der Waals surface area contributed by atoms with E-state index < -0.39 is 18.4 Å². The molecule has 0 spiro atoms. The molecule has 0 aliphatic carbocycles. The minimum absolute atomic E-state index is 0.226. The Labute approximate surface area is 194 Å². The van der Waals surface area contributed by atoms with E-state index in [9.17, 15) is 9.59 Å². The fourth-order valence-electron chi connectivity index (χ4n) is 2.44. The van der Waals surface area contributed by atoms with Gasteiger partial charge in [-0.1, -0.05) is 59.3 Å². The third-order valence-corrected chi connectivity index (χ3v) is 6.54. The van der Waals surface area contributed by atoms with Crippen molar-refractivity contribution >= 4 is 85.4 Å². The van der Waals surface area contributed by atoms with E-state index in [1.165, 1.54) is 0 Å². The summed E-state index contributed by atoms with van der Waals surface area (Å²) in [5.74, 6) is -0.918. The molecule has 0 atom stereocenters. The van der Waals surface area contributed by atoms with Gasteiger partial charge in [0.15, 0.2) is 0 Å². The van der Waals surface area contributed by atoms with E-state index in [2.05, 4.69) is 15.9 Å². The van der Waals surface area contributed by atoms with Gasteiger partial charge in [0.1, 0.15) is 23.2 Å². The number of rotatable bonds is 6. The Hall–Kier alpha value is -1.58. The highest BCUT2D eigenvalue weighted by atomic mass is 79.9. The number of thioether (sulfide) groups is 1. The molecular formula is C19H12BrCl2NO4S2. The van der Waals surface area contributed by atoms with E-state index >= 15 is 0 Å². The number of carboxylic acids is 1. The number of thiocarbonyl (C=S) groups is 1. The molecule has 1 saturated heterocycles. The first kappa shape index (κ1) is 22.1. The van der Waals surface area contributed by atoms with Crippen LogP contribution in [0.5, 0.6) is 5.75 Å². The molecule has 29 heavy (non-hydrogen) atoms. The number of carboxylic acid groups (broad SMARTS) is 1. The van der Waals surface area contributed by atoms with Crippen LogP contribution in [0.1, 0.15) is 11.1 Å². The van der Waals surface area contributed by atoms with E-state index in [0.29, 0.717) is 31.8 Å². The molecule has 1 aliphatic rings. The second kappa shape index (κ2) is 9.49. The smallest absolute Gasteiger partial charge is 0.323 e. The zero-order valence-corrected chi connectivity index (χ0v) is 19.3. The number of carbonyl (C=O) groups excluding carboxylic acids is 1. The van der Waals surface area contributed by atoms with E-state index in [4.69, 9.17) is 45.3 Å². The molecule has 10 heteroatoms. The van der Waals surface area contributed by atoms with Crippen LogP contribution in [0.3, 0.4) is 0 Å². The Bertz CT molecular complexity index is 1040. The molecule has 0 radical (unpaired) electrons. The van der Waals surface area contributed by atoms with Crippen LogP contribution in [0.4, 0.5) is 0 Å². The highest BCUT2D eigenvalue weighted by molar-refractivity contribution is 9.10. The van der Waals surface area contributed by atoms with E-state index in [0.717, 1.165) is 27.8 Å². The minimum atomic E-state index is -1.12. The Morgan fingerprint density at radius 1 is 1.24 bits per heavy atom. The third-order valence-electron chi connectivity index (χ3n) is 3.80. The molecule has 150 valence electrons. The summed E-state index contributed by atoms with van der Waals surface area (Å²) in [4.78, 5) is 24.7. The standard InChI is InChI=1S/C19H12BrCl2NO4S2/c20-12-5-10(7-16-18(26)23(8-17(24)25)19(28)29-16)2-4-15(12)27-9-11-1-3-13(21)14(22)6-11/h1-7H,8-9H2,(H,24,25). The number of benzene rings is 2. The summed E-state index contributed by atoms with van der Waals surface area (Å²) in [5.41, 5.74) is 1.62. The van der Waals surface area contributed by atoms with Crippen LogP contribution in [0.25, 0.3) is 6.08 Å². The van der Waals surface area contributed by atoms with Gasteiger partial charge < -0.3 is 9.84 Å². The molecule has 0 aromatic heterocycles. The Balaban J connectivity index is 1.71. The maximum absolute atomic E-state index is 12.3. The van der Waals surface area contributed by atoms with Gasteiger partial charge in [-0.2, -0.15) is 0 Å². The predicted octanol–water partition coefficient (Wildman–Crippen LogP) is 5.62. The molecule has 3 rings (SSSR count). The summed E-state index contributed by atoms with van der Waals surface area (Å²) in [6, 6.07) is 10.6. The lowest BCUT2D eigenvalue weighted by atomic mass is 10.2. The van der Waals surface area contributed by atoms with Crippen LogP contribution in [0.15, 0.2) is 45.8 Å². The fourth-order valence-corrected chi connectivity index (χ4v) is 4.52. The SMILES string of the molecule is O=C(O)CN1C(=O)C(=Cc2ccc(OCc3ccc(Cl)c(Cl)c3)c(Br)c2)SC1=S. The summed E-state index contributed by atoms with van der Waals surface area (Å²) in [6.45, 7) is -0.143. The second-order valence-electron chi connectivity index (χ2n) is 5.89. The lowest BCUT2D eigenvalue weighted by molar-refractivity contribution is -0.140. The van der Waals surface area contributed by atoms with Gasteiger partial charge >= 0.3 is 5.97 Å². The molecule has 0 saturated carbocycles. The molecule has 1 fully saturated rings. The van der Waals surface area contributed by atoms with Crippen molar-refractivity contribution in [3.63, 3.8) is 0 Å². The minimum Gasteiger partial charge on any atom is -0.488 e. The summed E-state index contributed by atoms with van der Waals surface area (Å²) in [6.07, 6.45) is 1.66. The van der Waals surface area contributed by atoms with Crippen LogP contribution < -0.4 is 4.74 Å². The van der Waals surface area contributed by atoms with Crippen molar-refractivity contribution in [1.82, 2.24) is 4.90 Å². The highest BCUT2D eigenvalue weighted by Crippen LogP contribution is 2.34. The molecule has 1 N–H and O–H groups in total. The number of hydrogen-bond acceptors (Lipinski definition) is 5. The van der Waals surface area contributed by atoms with Crippen LogP contribution in [-0.2, 0) is 16.2 Å². The van der Waals surface area contributed by atoms with Crippen LogP contribution in [0, 0.1) is 0 Å². The molecule has 1 heterocycles. The van der Waals surface area contributed by atoms with Crippen molar-refractivity contribution < 1.29 is 19.4 Å². The molecule has 2 aromatic carbocycles. The Morgan fingerprint density at radius 2 is 2.00 bits per heavy atom. The molecule has 2 aromatic rings. The van der Waals surface area contributed by atoms with Gasteiger partial charge in [0.05, 0.1) is 19.4 Å². The zero-order chi connectivity index (χ0) is 21.1. The largest absolute Gasteiger partial charge is 0.488 e. The lowest BCUT2D eigenvalue weighted by Gasteiger charge is -2.10. The summed E-state index contributed by atoms with van der Waals surface area (Å²) >= 11 is 21.5. The van der Waals surface area contributed by atoms with Crippen molar-refractivity contribution in [2.24, 2.45) is 0 Å².